The largest absolute Gasteiger partial charge is 0.504 e. The van der Waals surface area contributed by atoms with Crippen molar-refractivity contribution in [2.45, 2.75) is 50.7 Å². The molecule has 0 aromatic heterocycles. The van der Waals surface area contributed by atoms with Crippen LogP contribution in [0.4, 0.5) is 0 Å². The number of esters is 2. The van der Waals surface area contributed by atoms with E-state index in [9.17, 15) is 19.8 Å². The number of benzene rings is 2. The van der Waals surface area contributed by atoms with Crippen molar-refractivity contribution < 1.29 is 38.7 Å². The smallest absolute Gasteiger partial charge is 0.338 e. The quantitative estimate of drug-likeness (QED) is 0.503. The van der Waals surface area contributed by atoms with E-state index in [0.29, 0.717) is 19.3 Å². The molecule has 0 saturated heterocycles. The van der Waals surface area contributed by atoms with Crippen molar-refractivity contribution >= 4 is 11.9 Å². The third-order valence-electron chi connectivity index (χ3n) is 5.58. The third kappa shape index (κ3) is 5.43. The Hall–Kier alpha value is -3.42. The maximum atomic E-state index is 12.8. The van der Waals surface area contributed by atoms with Crippen LogP contribution in [0.2, 0.25) is 0 Å². The molecule has 0 spiro atoms. The zero-order chi connectivity index (χ0) is 23.3. The summed E-state index contributed by atoms with van der Waals surface area (Å²) in [5.41, 5.74) is -0.301. The van der Waals surface area contributed by atoms with Gasteiger partial charge in [-0.2, -0.15) is 0 Å². The molecule has 2 aromatic rings. The Balaban J connectivity index is 1.70. The van der Waals surface area contributed by atoms with Gasteiger partial charge in [-0.25, -0.2) is 9.59 Å². The molecule has 2 aromatic carbocycles. The fourth-order valence-corrected chi connectivity index (χ4v) is 3.86. The number of methoxy groups -OCH3 is 2. The predicted molar refractivity (Wildman–Crippen MR) is 115 cm³/mol. The second-order valence-corrected chi connectivity index (χ2v) is 8.09. The number of hydrogen-bond donors (Lipinski definition) is 2. The van der Waals surface area contributed by atoms with Crippen molar-refractivity contribution in [1.82, 2.24) is 0 Å². The minimum Gasteiger partial charge on any atom is -0.504 e. The Morgan fingerprint density at radius 2 is 1.47 bits per heavy atom. The fraction of sp³-hybridized carbons (Fsp3) is 0.417. The molecule has 1 aliphatic rings. The lowest BCUT2D eigenvalue weighted by Crippen LogP contribution is -2.36. The number of aromatic hydroxyl groups is 2. The Kier molecular flexibility index (Phi) is 7.12. The normalized spacial score (nSPS) is 20.7. The van der Waals surface area contributed by atoms with Crippen LogP contribution in [0.1, 0.15) is 59.7 Å². The van der Waals surface area contributed by atoms with E-state index in [-0.39, 0.29) is 34.1 Å². The first-order valence-corrected chi connectivity index (χ1v) is 10.4. The van der Waals surface area contributed by atoms with E-state index in [1.54, 1.807) is 0 Å². The fourth-order valence-electron chi connectivity index (χ4n) is 3.86. The summed E-state index contributed by atoms with van der Waals surface area (Å²) in [6.07, 6.45) is 2.86. The van der Waals surface area contributed by atoms with Gasteiger partial charge in [-0.15, -0.1) is 0 Å². The van der Waals surface area contributed by atoms with E-state index in [0.717, 1.165) is 12.8 Å². The Labute approximate surface area is 186 Å². The van der Waals surface area contributed by atoms with Gasteiger partial charge in [0.1, 0.15) is 11.7 Å². The van der Waals surface area contributed by atoms with Gasteiger partial charge in [-0.3, -0.25) is 0 Å². The second-order valence-electron chi connectivity index (χ2n) is 8.09. The summed E-state index contributed by atoms with van der Waals surface area (Å²) in [4.78, 5) is 25.4. The molecule has 3 rings (SSSR count). The molecule has 0 bridgehead atoms. The van der Waals surface area contributed by atoms with Gasteiger partial charge in [0, 0.05) is 6.42 Å². The van der Waals surface area contributed by atoms with Gasteiger partial charge < -0.3 is 29.2 Å². The van der Waals surface area contributed by atoms with Crippen LogP contribution in [0.3, 0.4) is 0 Å². The van der Waals surface area contributed by atoms with Crippen LogP contribution < -0.4 is 9.47 Å². The first-order chi connectivity index (χ1) is 15.2. The molecule has 2 unspecified atom stereocenters. The first kappa shape index (κ1) is 23.2. The maximum absolute atomic E-state index is 12.8. The highest BCUT2D eigenvalue weighted by atomic mass is 16.6. The number of carbonyl (C=O) groups is 2. The Morgan fingerprint density at radius 3 is 2.03 bits per heavy atom. The van der Waals surface area contributed by atoms with Gasteiger partial charge >= 0.3 is 11.9 Å². The number of phenols is 2. The molecule has 8 heteroatoms. The van der Waals surface area contributed by atoms with Crippen LogP contribution in [0, 0.1) is 0 Å². The number of carbonyl (C=O) groups excluding carboxylic acids is 2. The molecule has 2 N–H and O–H groups in total. The predicted octanol–water partition coefficient (Wildman–Crippen LogP) is 4.22. The Bertz CT molecular complexity index is 986. The van der Waals surface area contributed by atoms with E-state index in [2.05, 4.69) is 0 Å². The van der Waals surface area contributed by atoms with Crippen LogP contribution >= 0.6 is 0 Å². The average Bonchev–Trinajstić information content (AvgIpc) is 2.94. The van der Waals surface area contributed by atoms with Crippen LogP contribution in [0.5, 0.6) is 23.0 Å². The van der Waals surface area contributed by atoms with Gasteiger partial charge in [0.05, 0.1) is 25.3 Å². The lowest BCUT2D eigenvalue weighted by Gasteiger charge is -2.31. The van der Waals surface area contributed by atoms with E-state index in [1.165, 1.54) is 50.6 Å². The minimum atomic E-state index is -0.823. The standard InChI is InChI=1S/C24H28O8/c1-24(32-23(28)16-8-10-19(26)21(13-16)30-3)11-5-4-6-17(14-24)31-22(27)15-7-9-18(25)20(12-15)29-2/h7-10,12-13,17,25-26H,4-6,11,14H2,1-3H3. The molecule has 2 atom stereocenters. The van der Waals surface area contributed by atoms with Crippen molar-refractivity contribution in [3.8, 4) is 23.0 Å². The molecule has 8 nitrogen and oxygen atoms in total. The molecule has 1 saturated carbocycles. The summed E-state index contributed by atoms with van der Waals surface area (Å²) in [7, 11) is 2.80. The van der Waals surface area contributed by atoms with Crippen molar-refractivity contribution in [3.63, 3.8) is 0 Å². The summed E-state index contributed by atoms with van der Waals surface area (Å²) in [5.74, 6) is -0.843. The number of rotatable bonds is 6. The topological polar surface area (TPSA) is 112 Å². The average molecular weight is 444 g/mol. The number of phenolic OH excluding ortho intramolecular Hbond substituents is 2. The number of hydrogen-bond acceptors (Lipinski definition) is 8. The van der Waals surface area contributed by atoms with Gasteiger partial charge in [0.2, 0.25) is 0 Å². The summed E-state index contributed by atoms with van der Waals surface area (Å²) in [5, 5.41) is 19.5. The van der Waals surface area contributed by atoms with E-state index in [4.69, 9.17) is 18.9 Å². The molecule has 1 fully saturated rings. The molecule has 32 heavy (non-hydrogen) atoms. The lowest BCUT2D eigenvalue weighted by atomic mass is 9.95. The highest BCUT2D eigenvalue weighted by Gasteiger charge is 2.36. The van der Waals surface area contributed by atoms with Crippen molar-refractivity contribution in [2.75, 3.05) is 14.2 Å². The molecule has 0 aliphatic heterocycles. The Morgan fingerprint density at radius 1 is 0.906 bits per heavy atom. The molecule has 0 radical (unpaired) electrons. The summed E-state index contributed by atoms with van der Waals surface area (Å²) < 4.78 is 21.7. The summed E-state index contributed by atoms with van der Waals surface area (Å²) in [6, 6.07) is 8.53. The molecule has 0 amide bonds. The van der Waals surface area contributed by atoms with E-state index in [1.807, 2.05) is 6.92 Å². The highest BCUT2D eigenvalue weighted by Crippen LogP contribution is 2.34. The molecular formula is C24H28O8. The van der Waals surface area contributed by atoms with Crippen LogP contribution in [-0.2, 0) is 9.47 Å². The number of ether oxygens (including phenoxy) is 4. The SMILES string of the molecule is COc1cc(C(=O)OC2CCCCC(C)(OC(=O)c3ccc(O)c(OC)c3)C2)ccc1O. The third-order valence-corrected chi connectivity index (χ3v) is 5.58. The van der Waals surface area contributed by atoms with Crippen LogP contribution in [0.15, 0.2) is 36.4 Å². The van der Waals surface area contributed by atoms with Crippen molar-refractivity contribution in [3.05, 3.63) is 47.5 Å². The van der Waals surface area contributed by atoms with Crippen LogP contribution in [-0.4, -0.2) is 48.1 Å². The van der Waals surface area contributed by atoms with Crippen LogP contribution in [0.25, 0.3) is 0 Å². The summed E-state index contributed by atoms with van der Waals surface area (Å²) in [6.45, 7) is 1.83. The van der Waals surface area contributed by atoms with Gasteiger partial charge in [-0.05, 0) is 69.0 Å². The zero-order valence-corrected chi connectivity index (χ0v) is 18.4. The van der Waals surface area contributed by atoms with E-state index < -0.39 is 23.6 Å². The molecule has 172 valence electrons. The second kappa shape index (κ2) is 9.80. The van der Waals surface area contributed by atoms with Crippen molar-refractivity contribution in [2.24, 2.45) is 0 Å². The van der Waals surface area contributed by atoms with Gasteiger partial charge in [0.25, 0.3) is 0 Å². The lowest BCUT2D eigenvalue weighted by molar-refractivity contribution is -0.0387. The highest BCUT2D eigenvalue weighted by molar-refractivity contribution is 5.91. The van der Waals surface area contributed by atoms with Gasteiger partial charge in [0.15, 0.2) is 23.0 Å². The first-order valence-electron chi connectivity index (χ1n) is 10.4. The molecule has 0 heterocycles. The monoisotopic (exact) mass is 444 g/mol. The molecule has 1 aliphatic carbocycles. The maximum Gasteiger partial charge on any atom is 0.338 e. The van der Waals surface area contributed by atoms with Crippen molar-refractivity contribution in [1.29, 1.82) is 0 Å². The zero-order valence-electron chi connectivity index (χ0n) is 18.4. The summed E-state index contributed by atoms with van der Waals surface area (Å²) >= 11 is 0. The van der Waals surface area contributed by atoms with E-state index >= 15 is 0 Å². The van der Waals surface area contributed by atoms with Gasteiger partial charge in [-0.1, -0.05) is 0 Å². The minimum absolute atomic E-state index is 0.0659. The molecular weight excluding hydrogens is 416 g/mol.